The molecule has 3 nitrogen and oxygen atoms in total. The molecule has 0 heterocycles. The van der Waals surface area contributed by atoms with Crippen LogP contribution in [-0.2, 0) is 4.74 Å². The van der Waals surface area contributed by atoms with Gasteiger partial charge in [-0.25, -0.2) is 0 Å². The van der Waals surface area contributed by atoms with Crippen molar-refractivity contribution in [1.29, 1.82) is 0 Å². The van der Waals surface area contributed by atoms with E-state index in [2.05, 4.69) is 53.4 Å². The SMILES string of the molecule is CC(C)N(C[C@@H](O)CO[C@@H]1C(C)(C)[C@@H]2CC[C@]1(C)C2)C(C)C. The van der Waals surface area contributed by atoms with Crippen LogP contribution in [0.2, 0.25) is 0 Å². The summed E-state index contributed by atoms with van der Waals surface area (Å²) >= 11 is 0. The summed E-state index contributed by atoms with van der Waals surface area (Å²) in [4.78, 5) is 2.34. The van der Waals surface area contributed by atoms with Crippen LogP contribution in [-0.4, -0.2) is 47.4 Å². The molecule has 4 atom stereocenters. The summed E-state index contributed by atoms with van der Waals surface area (Å²) in [6.07, 6.45) is 3.82. The smallest absolute Gasteiger partial charge is 0.0900 e. The summed E-state index contributed by atoms with van der Waals surface area (Å²) in [5.41, 5.74) is 0.576. The molecule has 1 N–H and O–H groups in total. The van der Waals surface area contributed by atoms with Crippen LogP contribution >= 0.6 is 0 Å². The first-order valence-corrected chi connectivity index (χ1v) is 9.13. The molecule has 130 valence electrons. The normalized spacial score (nSPS) is 35.0. The van der Waals surface area contributed by atoms with Crippen molar-refractivity contribution in [2.24, 2.45) is 16.7 Å². The van der Waals surface area contributed by atoms with E-state index in [9.17, 15) is 5.11 Å². The zero-order chi connectivity index (χ0) is 16.7. The maximum absolute atomic E-state index is 10.4. The standard InChI is InChI=1S/C19H37NO2/c1-13(2)20(14(3)4)11-16(21)12-22-17-18(5,6)15-8-9-19(17,7)10-15/h13-17,21H,8-12H2,1-7H3/t15-,16-,17-,19-/m1/s1. The minimum Gasteiger partial charge on any atom is -0.389 e. The highest BCUT2D eigenvalue weighted by Gasteiger charge is 2.60. The number of ether oxygens (including phenoxy) is 1. The fraction of sp³-hybridized carbons (Fsp3) is 1.00. The zero-order valence-electron chi connectivity index (χ0n) is 15.7. The minimum absolute atomic E-state index is 0.252. The summed E-state index contributed by atoms with van der Waals surface area (Å²) in [6, 6.07) is 0.900. The van der Waals surface area contributed by atoms with Gasteiger partial charge in [-0.2, -0.15) is 0 Å². The second-order valence-electron chi connectivity index (χ2n) is 9.17. The van der Waals surface area contributed by atoms with Gasteiger partial charge in [0.2, 0.25) is 0 Å². The van der Waals surface area contributed by atoms with Crippen LogP contribution in [0.1, 0.15) is 67.7 Å². The molecule has 2 fully saturated rings. The molecule has 2 bridgehead atoms. The summed E-state index contributed by atoms with van der Waals surface area (Å²) in [6.45, 7) is 17.0. The third-order valence-corrected chi connectivity index (χ3v) is 6.34. The van der Waals surface area contributed by atoms with E-state index < -0.39 is 6.10 Å². The molecule has 0 aromatic heterocycles. The van der Waals surface area contributed by atoms with Crippen molar-refractivity contribution in [3.05, 3.63) is 0 Å². The Morgan fingerprint density at radius 1 is 1.14 bits per heavy atom. The Labute approximate surface area is 137 Å². The van der Waals surface area contributed by atoms with Crippen molar-refractivity contribution < 1.29 is 9.84 Å². The lowest BCUT2D eigenvalue weighted by Gasteiger charge is -2.43. The highest BCUT2D eigenvalue weighted by molar-refractivity contribution is 5.09. The number of hydrogen-bond donors (Lipinski definition) is 1. The Bertz CT molecular complexity index is 367. The van der Waals surface area contributed by atoms with Crippen LogP contribution in [0.3, 0.4) is 0 Å². The number of aliphatic hydroxyl groups is 1. The molecule has 0 aromatic rings. The third-order valence-electron chi connectivity index (χ3n) is 6.34. The van der Waals surface area contributed by atoms with Gasteiger partial charge in [-0.1, -0.05) is 20.8 Å². The Morgan fingerprint density at radius 2 is 1.73 bits per heavy atom. The highest BCUT2D eigenvalue weighted by atomic mass is 16.5. The average molecular weight is 312 g/mol. The predicted octanol–water partition coefficient (Wildman–Crippen LogP) is 3.70. The van der Waals surface area contributed by atoms with Gasteiger partial charge >= 0.3 is 0 Å². The summed E-state index contributed by atoms with van der Waals surface area (Å²) in [7, 11) is 0. The molecular weight excluding hydrogens is 274 g/mol. The molecule has 0 aromatic carbocycles. The Kier molecular flexibility index (Phi) is 5.31. The predicted molar refractivity (Wildman–Crippen MR) is 92.0 cm³/mol. The summed E-state index contributed by atoms with van der Waals surface area (Å²) in [5.74, 6) is 0.794. The third kappa shape index (κ3) is 3.37. The van der Waals surface area contributed by atoms with Gasteiger partial charge in [0, 0.05) is 18.6 Å². The number of nitrogens with zero attached hydrogens (tertiary/aromatic N) is 1. The molecule has 0 radical (unpaired) electrons. The van der Waals surface area contributed by atoms with E-state index in [0.717, 1.165) is 5.92 Å². The van der Waals surface area contributed by atoms with Gasteiger partial charge in [-0.05, 0) is 63.7 Å². The van der Waals surface area contributed by atoms with Gasteiger partial charge in [0.25, 0.3) is 0 Å². The van der Waals surface area contributed by atoms with Crippen LogP contribution in [0.4, 0.5) is 0 Å². The van der Waals surface area contributed by atoms with E-state index in [1.165, 1.54) is 19.3 Å². The van der Waals surface area contributed by atoms with E-state index in [1.807, 2.05) is 0 Å². The second-order valence-corrected chi connectivity index (χ2v) is 9.17. The van der Waals surface area contributed by atoms with Crippen LogP contribution in [0.5, 0.6) is 0 Å². The Balaban J connectivity index is 1.90. The van der Waals surface area contributed by atoms with Gasteiger partial charge in [0.1, 0.15) is 0 Å². The first-order chi connectivity index (χ1) is 10.1. The van der Waals surface area contributed by atoms with Crippen molar-refractivity contribution in [3.8, 4) is 0 Å². The molecule has 2 aliphatic rings. The van der Waals surface area contributed by atoms with Crippen molar-refractivity contribution in [1.82, 2.24) is 4.90 Å². The van der Waals surface area contributed by atoms with Crippen LogP contribution in [0.25, 0.3) is 0 Å². The van der Waals surface area contributed by atoms with E-state index in [1.54, 1.807) is 0 Å². The lowest BCUT2D eigenvalue weighted by Crippen LogP contribution is -2.46. The van der Waals surface area contributed by atoms with Crippen LogP contribution in [0.15, 0.2) is 0 Å². The van der Waals surface area contributed by atoms with Crippen molar-refractivity contribution in [2.45, 2.75) is 92.0 Å². The zero-order valence-corrected chi connectivity index (χ0v) is 15.7. The second kappa shape index (κ2) is 6.41. The first kappa shape index (κ1) is 18.2. The fourth-order valence-corrected chi connectivity index (χ4v) is 5.19. The van der Waals surface area contributed by atoms with E-state index in [0.29, 0.717) is 36.8 Å². The first-order valence-electron chi connectivity index (χ1n) is 9.13. The lowest BCUT2D eigenvalue weighted by molar-refractivity contribution is -0.115. The highest BCUT2D eigenvalue weighted by Crippen LogP contribution is 2.63. The minimum atomic E-state index is -0.400. The van der Waals surface area contributed by atoms with Gasteiger partial charge in [0.15, 0.2) is 0 Å². The van der Waals surface area contributed by atoms with E-state index in [4.69, 9.17) is 4.74 Å². The monoisotopic (exact) mass is 311 g/mol. The lowest BCUT2D eigenvalue weighted by atomic mass is 9.70. The van der Waals surface area contributed by atoms with Gasteiger partial charge < -0.3 is 9.84 Å². The van der Waals surface area contributed by atoms with Crippen molar-refractivity contribution >= 4 is 0 Å². The van der Waals surface area contributed by atoms with Crippen molar-refractivity contribution in [3.63, 3.8) is 0 Å². The molecule has 2 aliphatic carbocycles. The Morgan fingerprint density at radius 3 is 2.18 bits per heavy atom. The quantitative estimate of drug-likeness (QED) is 0.778. The average Bonchev–Trinajstić information content (AvgIpc) is 2.85. The van der Waals surface area contributed by atoms with Crippen molar-refractivity contribution in [2.75, 3.05) is 13.2 Å². The molecule has 3 heteroatoms. The number of aliphatic hydroxyl groups excluding tert-OH is 1. The maximum Gasteiger partial charge on any atom is 0.0900 e. The molecule has 2 saturated carbocycles. The largest absolute Gasteiger partial charge is 0.389 e. The molecule has 0 unspecified atom stereocenters. The number of hydrogen-bond acceptors (Lipinski definition) is 3. The molecule has 0 amide bonds. The Hall–Kier alpha value is -0.120. The number of rotatable bonds is 7. The molecule has 2 rings (SSSR count). The number of fused-ring (bicyclic) bond motifs is 2. The van der Waals surface area contributed by atoms with Crippen LogP contribution < -0.4 is 0 Å². The summed E-state index contributed by atoms with van der Waals surface area (Å²) in [5, 5.41) is 10.4. The molecule has 0 aliphatic heterocycles. The van der Waals surface area contributed by atoms with E-state index >= 15 is 0 Å². The molecule has 0 spiro atoms. The molecule has 0 saturated heterocycles. The fourth-order valence-electron chi connectivity index (χ4n) is 5.19. The molecule has 22 heavy (non-hydrogen) atoms. The van der Waals surface area contributed by atoms with Crippen LogP contribution in [0, 0.1) is 16.7 Å². The topological polar surface area (TPSA) is 32.7 Å². The molecular formula is C19H37NO2. The van der Waals surface area contributed by atoms with Gasteiger partial charge in [0.05, 0.1) is 18.8 Å². The van der Waals surface area contributed by atoms with E-state index in [-0.39, 0.29) is 5.41 Å². The van der Waals surface area contributed by atoms with Gasteiger partial charge in [-0.15, -0.1) is 0 Å². The summed E-state index contributed by atoms with van der Waals surface area (Å²) < 4.78 is 6.30. The van der Waals surface area contributed by atoms with Gasteiger partial charge in [-0.3, -0.25) is 4.90 Å². The maximum atomic E-state index is 10.4.